The van der Waals surface area contributed by atoms with Gasteiger partial charge in [-0.25, -0.2) is 4.79 Å². The van der Waals surface area contributed by atoms with E-state index in [1.807, 2.05) is 13.0 Å². The van der Waals surface area contributed by atoms with Crippen molar-refractivity contribution in [2.24, 2.45) is 7.05 Å². The van der Waals surface area contributed by atoms with Gasteiger partial charge in [0.25, 0.3) is 0 Å². The maximum atomic E-state index is 12.0. The molecule has 0 saturated heterocycles. The number of nitrogens with zero attached hydrogens (tertiary/aromatic N) is 3. The highest BCUT2D eigenvalue weighted by molar-refractivity contribution is 5.93. The molecule has 0 aliphatic carbocycles. The van der Waals surface area contributed by atoms with Crippen LogP contribution in [0.5, 0.6) is 0 Å². The lowest BCUT2D eigenvalue weighted by molar-refractivity contribution is 0.0460. The molecule has 0 aromatic carbocycles. The molecule has 6 nitrogen and oxygen atoms in total. The van der Waals surface area contributed by atoms with E-state index >= 15 is 0 Å². The summed E-state index contributed by atoms with van der Waals surface area (Å²) in [6.45, 7) is 3.84. The Hall–Kier alpha value is -2.37. The lowest BCUT2D eigenvalue weighted by Gasteiger charge is -2.06. The Kier molecular flexibility index (Phi) is 3.50. The molecule has 2 aromatic rings. The third kappa shape index (κ3) is 2.73. The molecule has 0 bridgehead atoms. The van der Waals surface area contributed by atoms with Crippen LogP contribution in [0.3, 0.4) is 0 Å². The Morgan fingerprint density at radius 1 is 1.42 bits per heavy atom. The number of carbonyl (C=O) groups excluding carboxylic acids is 1. The van der Waals surface area contributed by atoms with E-state index in [2.05, 4.69) is 10.1 Å². The number of anilines is 1. The van der Waals surface area contributed by atoms with Gasteiger partial charge in [0.2, 0.25) is 0 Å². The number of esters is 1. The van der Waals surface area contributed by atoms with Crippen LogP contribution in [0.15, 0.2) is 18.5 Å². The fraction of sp³-hybridized carbons (Fsp3) is 0.308. The summed E-state index contributed by atoms with van der Waals surface area (Å²) >= 11 is 0. The van der Waals surface area contributed by atoms with E-state index < -0.39 is 5.97 Å². The fourth-order valence-electron chi connectivity index (χ4n) is 1.83. The predicted octanol–water partition coefficient (Wildman–Crippen LogP) is 1.37. The molecule has 100 valence electrons. The van der Waals surface area contributed by atoms with Crippen LogP contribution in [0.1, 0.15) is 27.3 Å². The zero-order valence-electron chi connectivity index (χ0n) is 11.2. The number of aromatic nitrogens is 3. The number of hydrogen-bond donors (Lipinski definition) is 1. The molecule has 0 unspecified atom stereocenters. The van der Waals surface area contributed by atoms with Crippen LogP contribution in [0.4, 0.5) is 5.69 Å². The lowest BCUT2D eigenvalue weighted by Crippen LogP contribution is -2.12. The zero-order valence-corrected chi connectivity index (χ0v) is 11.2. The highest BCUT2D eigenvalue weighted by atomic mass is 16.5. The SMILES string of the molecule is Cc1cncc(COC(=O)c2c(N)c(C)nn2C)c1. The van der Waals surface area contributed by atoms with Crippen LogP contribution in [-0.4, -0.2) is 20.7 Å². The van der Waals surface area contributed by atoms with Gasteiger partial charge in [-0.2, -0.15) is 5.10 Å². The molecule has 0 atom stereocenters. The highest BCUT2D eigenvalue weighted by Gasteiger charge is 2.19. The van der Waals surface area contributed by atoms with Crippen molar-refractivity contribution in [2.75, 3.05) is 5.73 Å². The van der Waals surface area contributed by atoms with Crippen LogP contribution < -0.4 is 5.73 Å². The van der Waals surface area contributed by atoms with Crippen LogP contribution in [-0.2, 0) is 18.4 Å². The zero-order chi connectivity index (χ0) is 14.0. The van der Waals surface area contributed by atoms with Crippen molar-refractivity contribution in [2.45, 2.75) is 20.5 Å². The molecular formula is C13H16N4O2. The minimum atomic E-state index is -0.484. The molecule has 2 aromatic heterocycles. The van der Waals surface area contributed by atoms with Crippen molar-refractivity contribution >= 4 is 11.7 Å². The maximum absolute atomic E-state index is 12.0. The number of nitrogens with two attached hydrogens (primary N) is 1. The molecule has 0 fully saturated rings. The van der Waals surface area contributed by atoms with Gasteiger partial charge in [-0.1, -0.05) is 0 Å². The first-order valence-corrected chi connectivity index (χ1v) is 5.85. The van der Waals surface area contributed by atoms with Crippen LogP contribution >= 0.6 is 0 Å². The van der Waals surface area contributed by atoms with E-state index in [9.17, 15) is 4.79 Å². The van der Waals surface area contributed by atoms with Gasteiger partial charge in [0.1, 0.15) is 6.61 Å². The van der Waals surface area contributed by atoms with E-state index in [1.165, 1.54) is 4.68 Å². The van der Waals surface area contributed by atoms with Crippen LogP contribution in [0.2, 0.25) is 0 Å². The van der Waals surface area contributed by atoms with Crippen molar-refractivity contribution in [3.05, 3.63) is 41.0 Å². The number of pyridine rings is 1. The molecule has 2 heterocycles. The summed E-state index contributed by atoms with van der Waals surface area (Å²) in [6.07, 6.45) is 3.41. The topological polar surface area (TPSA) is 83.0 Å². The Morgan fingerprint density at radius 2 is 2.16 bits per heavy atom. The average Bonchev–Trinajstić information content (AvgIpc) is 2.61. The van der Waals surface area contributed by atoms with E-state index in [-0.39, 0.29) is 12.3 Å². The minimum absolute atomic E-state index is 0.164. The van der Waals surface area contributed by atoms with E-state index in [0.29, 0.717) is 11.4 Å². The molecule has 0 amide bonds. The second-order valence-corrected chi connectivity index (χ2v) is 4.42. The molecule has 0 radical (unpaired) electrons. The summed E-state index contributed by atoms with van der Waals surface area (Å²) in [5, 5.41) is 4.08. The molecule has 19 heavy (non-hydrogen) atoms. The van der Waals surface area contributed by atoms with Gasteiger partial charge in [-0.15, -0.1) is 0 Å². The first-order chi connectivity index (χ1) is 8.99. The number of ether oxygens (including phenoxy) is 1. The van der Waals surface area contributed by atoms with Gasteiger partial charge in [0, 0.05) is 25.0 Å². The van der Waals surface area contributed by atoms with Crippen LogP contribution in [0.25, 0.3) is 0 Å². The standard InChI is InChI=1S/C13H16N4O2/c1-8-4-10(6-15-5-8)7-19-13(18)12-11(14)9(2)16-17(12)3/h4-6H,7,14H2,1-3H3. The van der Waals surface area contributed by atoms with Crippen molar-refractivity contribution in [3.8, 4) is 0 Å². The van der Waals surface area contributed by atoms with Crippen molar-refractivity contribution in [1.82, 2.24) is 14.8 Å². The second-order valence-electron chi connectivity index (χ2n) is 4.42. The van der Waals surface area contributed by atoms with Gasteiger partial charge >= 0.3 is 5.97 Å². The number of hydrogen-bond acceptors (Lipinski definition) is 5. The Labute approximate surface area is 111 Å². The summed E-state index contributed by atoms with van der Waals surface area (Å²) in [6, 6.07) is 1.91. The van der Waals surface area contributed by atoms with E-state index in [0.717, 1.165) is 11.1 Å². The number of rotatable bonds is 3. The molecule has 0 spiro atoms. The molecule has 2 rings (SSSR count). The Morgan fingerprint density at radius 3 is 2.74 bits per heavy atom. The third-order valence-corrected chi connectivity index (χ3v) is 2.76. The highest BCUT2D eigenvalue weighted by Crippen LogP contribution is 2.17. The third-order valence-electron chi connectivity index (χ3n) is 2.76. The lowest BCUT2D eigenvalue weighted by atomic mass is 10.2. The van der Waals surface area contributed by atoms with Crippen molar-refractivity contribution in [3.63, 3.8) is 0 Å². The first-order valence-electron chi connectivity index (χ1n) is 5.85. The van der Waals surface area contributed by atoms with Crippen LogP contribution in [0, 0.1) is 13.8 Å². The summed E-state index contributed by atoms with van der Waals surface area (Å²) in [4.78, 5) is 16.0. The molecule has 2 N–H and O–H groups in total. The number of nitrogen functional groups attached to an aromatic ring is 1. The summed E-state index contributed by atoms with van der Waals surface area (Å²) in [7, 11) is 1.66. The summed E-state index contributed by atoms with van der Waals surface area (Å²) < 4.78 is 6.66. The first kappa shape index (κ1) is 13.1. The van der Waals surface area contributed by atoms with Crippen molar-refractivity contribution < 1.29 is 9.53 Å². The molecule has 6 heteroatoms. The summed E-state index contributed by atoms with van der Waals surface area (Å²) in [5.74, 6) is -0.484. The maximum Gasteiger partial charge on any atom is 0.359 e. The van der Waals surface area contributed by atoms with Gasteiger partial charge < -0.3 is 10.5 Å². The summed E-state index contributed by atoms with van der Waals surface area (Å²) in [5.41, 5.74) is 8.91. The Balaban J connectivity index is 2.10. The quantitative estimate of drug-likeness (QED) is 0.843. The fourth-order valence-corrected chi connectivity index (χ4v) is 1.83. The normalized spacial score (nSPS) is 10.5. The van der Waals surface area contributed by atoms with Gasteiger partial charge in [-0.05, 0) is 25.5 Å². The van der Waals surface area contributed by atoms with Gasteiger partial charge in [-0.3, -0.25) is 9.67 Å². The molecular weight excluding hydrogens is 244 g/mol. The monoisotopic (exact) mass is 260 g/mol. The van der Waals surface area contributed by atoms with Crippen molar-refractivity contribution in [1.29, 1.82) is 0 Å². The average molecular weight is 260 g/mol. The minimum Gasteiger partial charge on any atom is -0.456 e. The molecule has 0 aliphatic rings. The largest absolute Gasteiger partial charge is 0.456 e. The van der Waals surface area contributed by atoms with Gasteiger partial charge in [0.05, 0.1) is 11.4 Å². The Bertz CT molecular complexity index is 619. The smallest absolute Gasteiger partial charge is 0.359 e. The van der Waals surface area contributed by atoms with Gasteiger partial charge in [0.15, 0.2) is 5.69 Å². The molecule has 0 saturated carbocycles. The molecule has 0 aliphatic heterocycles. The number of carbonyl (C=O) groups is 1. The van der Waals surface area contributed by atoms with E-state index in [4.69, 9.17) is 10.5 Å². The van der Waals surface area contributed by atoms with E-state index in [1.54, 1.807) is 26.4 Å². The predicted molar refractivity (Wildman–Crippen MR) is 70.5 cm³/mol. The second kappa shape index (κ2) is 5.09. The number of aryl methyl sites for hydroxylation is 3.